The molecule has 0 saturated carbocycles. The summed E-state index contributed by atoms with van der Waals surface area (Å²) in [5, 5.41) is 2.79. The van der Waals surface area contributed by atoms with Crippen molar-refractivity contribution in [1.29, 1.82) is 0 Å². The van der Waals surface area contributed by atoms with Gasteiger partial charge in [0.05, 0.1) is 10.6 Å². The minimum absolute atomic E-state index is 0.160. The van der Waals surface area contributed by atoms with Gasteiger partial charge in [-0.15, -0.1) is 0 Å². The predicted molar refractivity (Wildman–Crippen MR) is 142 cm³/mol. The van der Waals surface area contributed by atoms with Gasteiger partial charge in [0.15, 0.2) is 0 Å². The van der Waals surface area contributed by atoms with E-state index in [1.807, 2.05) is 32.0 Å². The second-order valence-electron chi connectivity index (χ2n) is 8.35. The molecule has 0 radical (unpaired) electrons. The van der Waals surface area contributed by atoms with Crippen molar-refractivity contribution in [2.24, 2.45) is 0 Å². The summed E-state index contributed by atoms with van der Waals surface area (Å²) in [6, 6.07) is 19.3. The SMILES string of the molecule is CCN(CC)c1ccc(NC(=O)OC(C)c2ccccc2NS(=O)(=O)c2ccc(C)cc2)c(C)c1. The first-order valence-corrected chi connectivity index (χ1v) is 13.1. The zero-order chi connectivity index (χ0) is 25.6. The lowest BCUT2D eigenvalue weighted by molar-refractivity contribution is 0.121. The minimum atomic E-state index is -3.79. The highest BCUT2D eigenvalue weighted by Gasteiger charge is 2.20. The number of carbonyl (C=O) groups is 1. The van der Waals surface area contributed by atoms with Gasteiger partial charge in [-0.05, 0) is 76.6 Å². The number of sulfonamides is 1. The maximum atomic E-state index is 12.9. The number of hydrogen-bond donors (Lipinski definition) is 2. The molecule has 7 nitrogen and oxygen atoms in total. The normalized spacial score (nSPS) is 12.0. The average molecular weight is 496 g/mol. The maximum absolute atomic E-state index is 12.9. The molecule has 0 spiro atoms. The molecule has 8 heteroatoms. The topological polar surface area (TPSA) is 87.7 Å². The van der Waals surface area contributed by atoms with Gasteiger partial charge in [0.1, 0.15) is 6.10 Å². The number of para-hydroxylation sites is 1. The van der Waals surface area contributed by atoms with Crippen LogP contribution in [0, 0.1) is 13.8 Å². The van der Waals surface area contributed by atoms with Crippen LogP contribution in [0.3, 0.4) is 0 Å². The Bertz CT molecular complexity index is 1270. The highest BCUT2D eigenvalue weighted by Crippen LogP contribution is 2.29. The Balaban J connectivity index is 1.72. The minimum Gasteiger partial charge on any atom is -0.441 e. The number of benzene rings is 3. The monoisotopic (exact) mass is 495 g/mol. The molecule has 2 N–H and O–H groups in total. The van der Waals surface area contributed by atoms with Crippen LogP contribution in [0.1, 0.15) is 43.6 Å². The van der Waals surface area contributed by atoms with Crippen LogP contribution in [0.2, 0.25) is 0 Å². The Labute approximate surface area is 208 Å². The van der Waals surface area contributed by atoms with E-state index in [0.717, 1.165) is 29.9 Å². The van der Waals surface area contributed by atoms with Gasteiger partial charge in [0.25, 0.3) is 10.0 Å². The third kappa shape index (κ3) is 6.54. The molecule has 0 aliphatic rings. The van der Waals surface area contributed by atoms with Crippen LogP contribution in [0.15, 0.2) is 71.6 Å². The van der Waals surface area contributed by atoms with Crippen molar-refractivity contribution in [2.45, 2.75) is 45.6 Å². The molecule has 3 aromatic carbocycles. The number of hydrogen-bond acceptors (Lipinski definition) is 5. The van der Waals surface area contributed by atoms with E-state index >= 15 is 0 Å². The number of nitrogens with one attached hydrogen (secondary N) is 2. The van der Waals surface area contributed by atoms with Gasteiger partial charge in [0, 0.05) is 30.0 Å². The molecule has 0 heterocycles. The molecule has 1 amide bonds. The number of amides is 1. The summed E-state index contributed by atoms with van der Waals surface area (Å²) in [6.45, 7) is 11.5. The van der Waals surface area contributed by atoms with Gasteiger partial charge < -0.3 is 9.64 Å². The first-order valence-electron chi connectivity index (χ1n) is 11.7. The summed E-state index contributed by atoms with van der Waals surface area (Å²) >= 11 is 0. The van der Waals surface area contributed by atoms with Crippen molar-refractivity contribution in [2.75, 3.05) is 28.0 Å². The zero-order valence-electron chi connectivity index (χ0n) is 20.8. The molecule has 0 saturated heterocycles. The summed E-state index contributed by atoms with van der Waals surface area (Å²) in [7, 11) is -3.79. The Hall–Kier alpha value is -3.52. The third-order valence-corrected chi connectivity index (χ3v) is 7.21. The number of rotatable bonds is 9. The van der Waals surface area contributed by atoms with E-state index in [1.54, 1.807) is 55.5 Å². The molecule has 3 rings (SSSR count). The molecular weight excluding hydrogens is 462 g/mol. The number of anilines is 3. The van der Waals surface area contributed by atoms with Crippen LogP contribution in [0.5, 0.6) is 0 Å². The van der Waals surface area contributed by atoms with Crippen LogP contribution < -0.4 is 14.9 Å². The van der Waals surface area contributed by atoms with Crippen molar-refractivity contribution < 1.29 is 17.9 Å². The number of ether oxygens (including phenoxy) is 1. The molecule has 0 bridgehead atoms. The second kappa shape index (κ2) is 11.3. The fourth-order valence-electron chi connectivity index (χ4n) is 3.80. The van der Waals surface area contributed by atoms with Gasteiger partial charge in [-0.1, -0.05) is 35.9 Å². The Morgan fingerprint density at radius 1 is 0.943 bits per heavy atom. The number of nitrogens with zero attached hydrogens (tertiary/aromatic N) is 1. The van der Waals surface area contributed by atoms with Gasteiger partial charge >= 0.3 is 6.09 Å². The quantitative estimate of drug-likeness (QED) is 0.366. The first-order chi connectivity index (χ1) is 16.6. The van der Waals surface area contributed by atoms with E-state index in [0.29, 0.717) is 16.9 Å². The predicted octanol–water partition coefficient (Wildman–Crippen LogP) is 6.26. The number of aryl methyl sites for hydroxylation is 2. The summed E-state index contributed by atoms with van der Waals surface area (Å²) in [6.07, 6.45) is -1.31. The van der Waals surface area contributed by atoms with E-state index in [-0.39, 0.29) is 4.90 Å². The summed E-state index contributed by atoms with van der Waals surface area (Å²) in [4.78, 5) is 15.0. The lowest BCUT2D eigenvalue weighted by atomic mass is 10.1. The Morgan fingerprint density at radius 3 is 2.23 bits per heavy atom. The van der Waals surface area contributed by atoms with Crippen LogP contribution in [0.4, 0.5) is 21.9 Å². The van der Waals surface area contributed by atoms with E-state index in [1.165, 1.54) is 0 Å². The lowest BCUT2D eigenvalue weighted by Crippen LogP contribution is -2.22. The average Bonchev–Trinajstić information content (AvgIpc) is 2.82. The zero-order valence-corrected chi connectivity index (χ0v) is 21.6. The van der Waals surface area contributed by atoms with Gasteiger partial charge in [0.2, 0.25) is 0 Å². The molecule has 186 valence electrons. The molecule has 3 aromatic rings. The maximum Gasteiger partial charge on any atom is 0.412 e. The molecule has 1 unspecified atom stereocenters. The molecule has 35 heavy (non-hydrogen) atoms. The summed E-state index contributed by atoms with van der Waals surface area (Å²) < 4.78 is 34.0. The molecular formula is C27H33N3O4S. The molecule has 0 aliphatic heterocycles. The molecule has 0 aliphatic carbocycles. The van der Waals surface area contributed by atoms with Crippen molar-refractivity contribution >= 4 is 33.2 Å². The van der Waals surface area contributed by atoms with Gasteiger partial charge in [-0.3, -0.25) is 10.0 Å². The smallest absolute Gasteiger partial charge is 0.412 e. The molecule has 0 aromatic heterocycles. The summed E-state index contributed by atoms with van der Waals surface area (Å²) in [5.74, 6) is 0. The fourth-order valence-corrected chi connectivity index (χ4v) is 4.89. The fraction of sp³-hybridized carbons (Fsp3) is 0.296. The summed E-state index contributed by atoms with van der Waals surface area (Å²) in [5.41, 5.74) is 4.54. The van der Waals surface area contributed by atoms with Crippen LogP contribution in [0.25, 0.3) is 0 Å². The van der Waals surface area contributed by atoms with E-state index in [2.05, 4.69) is 28.8 Å². The van der Waals surface area contributed by atoms with Gasteiger partial charge in [-0.2, -0.15) is 0 Å². The second-order valence-corrected chi connectivity index (χ2v) is 10.0. The van der Waals surface area contributed by atoms with Crippen LogP contribution in [-0.4, -0.2) is 27.6 Å². The van der Waals surface area contributed by atoms with Crippen LogP contribution >= 0.6 is 0 Å². The Morgan fingerprint density at radius 2 is 1.60 bits per heavy atom. The largest absolute Gasteiger partial charge is 0.441 e. The molecule has 0 fully saturated rings. The highest BCUT2D eigenvalue weighted by atomic mass is 32.2. The van der Waals surface area contributed by atoms with Crippen molar-refractivity contribution in [3.63, 3.8) is 0 Å². The standard InChI is InChI=1S/C27H33N3O4S/c1-6-30(7-2)22-14-17-25(20(4)18-22)28-27(31)34-21(5)24-10-8-9-11-26(24)29-35(32,33)23-15-12-19(3)13-16-23/h8-18,21,29H,6-7H2,1-5H3,(H,28,31). The van der Waals surface area contributed by atoms with Crippen LogP contribution in [-0.2, 0) is 14.8 Å². The number of carbonyl (C=O) groups excluding carboxylic acids is 1. The van der Waals surface area contributed by atoms with E-state index < -0.39 is 22.2 Å². The van der Waals surface area contributed by atoms with Crippen molar-refractivity contribution in [1.82, 2.24) is 0 Å². The first kappa shape index (κ1) is 26.1. The van der Waals surface area contributed by atoms with E-state index in [4.69, 9.17) is 4.74 Å². The lowest BCUT2D eigenvalue weighted by Gasteiger charge is -2.22. The van der Waals surface area contributed by atoms with Crippen molar-refractivity contribution in [3.05, 3.63) is 83.4 Å². The van der Waals surface area contributed by atoms with Crippen molar-refractivity contribution in [3.8, 4) is 0 Å². The van der Waals surface area contributed by atoms with Gasteiger partial charge in [-0.25, -0.2) is 13.2 Å². The highest BCUT2D eigenvalue weighted by molar-refractivity contribution is 7.92. The Kier molecular flexibility index (Phi) is 8.40. The van der Waals surface area contributed by atoms with E-state index in [9.17, 15) is 13.2 Å². The third-order valence-electron chi connectivity index (χ3n) is 5.83. The molecule has 1 atom stereocenters.